The van der Waals surface area contributed by atoms with Gasteiger partial charge >= 0.3 is 11.9 Å². The Morgan fingerprint density at radius 2 is 1.50 bits per heavy atom. The minimum Gasteiger partial charge on any atom is -0.477 e. The highest BCUT2D eigenvalue weighted by atomic mass is 35.7. The van der Waals surface area contributed by atoms with Gasteiger partial charge in [-0.1, -0.05) is 48.5 Å². The quantitative estimate of drug-likeness (QED) is 0.360. The molecule has 0 atom stereocenters. The zero-order chi connectivity index (χ0) is 21.6. The van der Waals surface area contributed by atoms with Crippen LogP contribution in [-0.2, 0) is 9.05 Å². The second kappa shape index (κ2) is 7.05. The maximum atomic E-state index is 12.6. The molecule has 8 nitrogen and oxygen atoms in total. The van der Waals surface area contributed by atoms with Crippen molar-refractivity contribution in [3.63, 3.8) is 0 Å². The number of benzene rings is 2. The third-order valence-electron chi connectivity index (χ3n) is 4.50. The van der Waals surface area contributed by atoms with Crippen LogP contribution < -0.4 is 0 Å². The monoisotopic (exact) mass is 442 g/mol. The predicted octanol–water partition coefficient (Wildman–Crippen LogP) is 3.77. The third-order valence-corrected chi connectivity index (χ3v) is 5.87. The van der Waals surface area contributed by atoms with E-state index in [1.165, 1.54) is 18.2 Å². The molecule has 0 spiro atoms. The zero-order valence-corrected chi connectivity index (χ0v) is 16.5. The summed E-state index contributed by atoms with van der Waals surface area (Å²) in [6.07, 6.45) is 0. The van der Waals surface area contributed by atoms with Gasteiger partial charge in [-0.05, 0) is 11.6 Å². The lowest BCUT2D eigenvalue weighted by Crippen LogP contribution is -2.10. The van der Waals surface area contributed by atoms with Crippen molar-refractivity contribution in [2.75, 3.05) is 0 Å². The van der Waals surface area contributed by atoms with E-state index in [0.717, 1.165) is 0 Å². The molecule has 2 aromatic carbocycles. The van der Waals surface area contributed by atoms with Gasteiger partial charge in [0.2, 0.25) is 0 Å². The predicted molar refractivity (Wildman–Crippen MR) is 109 cm³/mol. The minimum absolute atomic E-state index is 0.0383. The van der Waals surface area contributed by atoms with Gasteiger partial charge in [0.25, 0.3) is 9.05 Å². The lowest BCUT2D eigenvalue weighted by atomic mass is 10.00. The third kappa shape index (κ3) is 3.23. The maximum Gasteiger partial charge on any atom is 0.355 e. The average Bonchev–Trinajstić information content (AvgIpc) is 2.71. The van der Waals surface area contributed by atoms with Crippen LogP contribution in [0.3, 0.4) is 0 Å². The molecule has 0 radical (unpaired) electrons. The summed E-state index contributed by atoms with van der Waals surface area (Å²) in [7, 11) is 1.30. The molecule has 0 amide bonds. The molecule has 0 saturated carbocycles. The standard InChI is InChI=1S/C20H11ClN2O6S/c21-30(28,29)18-12-8-6-11-7-9-13(19(24)25)22-15(11)16(12)23-17(20(26)27)14(18)10-4-2-1-3-5-10/h1-9H,(H,24,25)(H,26,27). The first kappa shape index (κ1) is 19.7. The van der Waals surface area contributed by atoms with Crippen molar-refractivity contribution in [3.05, 3.63) is 66.0 Å². The number of fused-ring (bicyclic) bond motifs is 3. The Bertz CT molecular complexity index is 1470. The van der Waals surface area contributed by atoms with Crippen LogP contribution >= 0.6 is 10.7 Å². The number of aromatic carboxylic acids is 2. The Morgan fingerprint density at radius 1 is 0.833 bits per heavy atom. The summed E-state index contributed by atoms with van der Waals surface area (Å²) >= 11 is 0. The molecule has 0 aliphatic carbocycles. The number of hydrogen-bond acceptors (Lipinski definition) is 6. The van der Waals surface area contributed by atoms with Crippen molar-refractivity contribution in [1.82, 2.24) is 9.97 Å². The summed E-state index contributed by atoms with van der Waals surface area (Å²) in [5, 5.41) is 19.5. The van der Waals surface area contributed by atoms with E-state index >= 15 is 0 Å². The van der Waals surface area contributed by atoms with Gasteiger partial charge in [0.05, 0.1) is 11.0 Å². The SMILES string of the molecule is O=C(O)c1ccc2ccc3c(S(=O)(=O)Cl)c(-c4ccccc4)c(C(=O)O)nc3c2n1. The summed E-state index contributed by atoms with van der Waals surface area (Å²) < 4.78 is 25.1. The lowest BCUT2D eigenvalue weighted by Gasteiger charge is -2.14. The van der Waals surface area contributed by atoms with Crippen LogP contribution in [0.4, 0.5) is 0 Å². The van der Waals surface area contributed by atoms with Crippen molar-refractivity contribution < 1.29 is 28.2 Å². The molecular weight excluding hydrogens is 432 g/mol. The first-order chi connectivity index (χ1) is 14.2. The molecule has 0 fully saturated rings. The topological polar surface area (TPSA) is 135 Å². The van der Waals surface area contributed by atoms with Crippen molar-refractivity contribution in [3.8, 4) is 11.1 Å². The van der Waals surface area contributed by atoms with Crippen molar-refractivity contribution >= 4 is 53.5 Å². The van der Waals surface area contributed by atoms with Crippen molar-refractivity contribution in [2.45, 2.75) is 4.90 Å². The highest BCUT2D eigenvalue weighted by Crippen LogP contribution is 2.39. The van der Waals surface area contributed by atoms with Gasteiger partial charge in [-0.3, -0.25) is 0 Å². The first-order valence-corrected chi connectivity index (χ1v) is 10.7. The molecule has 0 unspecified atom stereocenters. The van der Waals surface area contributed by atoms with E-state index in [2.05, 4.69) is 9.97 Å². The fourth-order valence-corrected chi connectivity index (χ4v) is 4.65. The Labute approximate surface area is 173 Å². The summed E-state index contributed by atoms with van der Waals surface area (Å²) in [5.74, 6) is -2.76. The zero-order valence-electron chi connectivity index (χ0n) is 14.9. The molecule has 30 heavy (non-hydrogen) atoms. The van der Waals surface area contributed by atoms with Gasteiger partial charge in [0.1, 0.15) is 10.6 Å². The lowest BCUT2D eigenvalue weighted by molar-refractivity contribution is 0.0680. The number of nitrogens with zero attached hydrogens (tertiary/aromatic N) is 2. The van der Waals surface area contributed by atoms with E-state index in [-0.39, 0.29) is 27.7 Å². The van der Waals surface area contributed by atoms with Crippen molar-refractivity contribution in [1.29, 1.82) is 0 Å². The van der Waals surface area contributed by atoms with Gasteiger partial charge in [-0.15, -0.1) is 0 Å². The number of carboxylic acids is 2. The molecular formula is C20H11ClN2O6S. The van der Waals surface area contributed by atoms with Gasteiger partial charge in [0, 0.05) is 27.0 Å². The Hall–Kier alpha value is -3.56. The number of aromatic nitrogens is 2. The van der Waals surface area contributed by atoms with Crippen LogP contribution in [-0.4, -0.2) is 40.5 Å². The molecule has 0 bridgehead atoms. The number of pyridine rings is 2. The molecule has 150 valence electrons. The molecule has 10 heteroatoms. The average molecular weight is 443 g/mol. The Balaban J connectivity index is 2.28. The largest absolute Gasteiger partial charge is 0.477 e. The summed E-state index contributed by atoms with van der Waals surface area (Å²) in [6, 6.07) is 13.8. The number of carboxylic acid groups (broad SMARTS) is 2. The summed E-state index contributed by atoms with van der Waals surface area (Å²) in [5.41, 5.74) is -0.711. The minimum atomic E-state index is -4.43. The molecule has 0 saturated heterocycles. The fraction of sp³-hybridized carbons (Fsp3) is 0. The van der Waals surface area contributed by atoms with Crippen LogP contribution in [0.5, 0.6) is 0 Å². The molecule has 2 aromatic heterocycles. The van der Waals surface area contributed by atoms with Crippen LogP contribution in [0, 0.1) is 0 Å². The first-order valence-electron chi connectivity index (χ1n) is 8.42. The normalized spacial score (nSPS) is 11.6. The molecule has 0 aliphatic rings. The molecule has 0 aliphatic heterocycles. The molecule has 2 heterocycles. The maximum absolute atomic E-state index is 12.6. The summed E-state index contributed by atoms with van der Waals surface area (Å²) in [4.78, 5) is 31.1. The van der Waals surface area contributed by atoms with E-state index < -0.39 is 31.6 Å². The Kier molecular flexibility index (Phi) is 4.64. The smallest absolute Gasteiger partial charge is 0.355 e. The van der Waals surface area contributed by atoms with E-state index in [4.69, 9.17) is 10.7 Å². The fourth-order valence-electron chi connectivity index (χ4n) is 3.28. The number of carbonyl (C=O) groups is 2. The number of rotatable bonds is 4. The van der Waals surface area contributed by atoms with E-state index in [1.807, 2.05) is 0 Å². The number of hydrogen-bond donors (Lipinski definition) is 2. The van der Waals surface area contributed by atoms with Gasteiger partial charge in [-0.25, -0.2) is 28.0 Å². The van der Waals surface area contributed by atoms with E-state index in [0.29, 0.717) is 10.9 Å². The van der Waals surface area contributed by atoms with Gasteiger partial charge < -0.3 is 10.2 Å². The van der Waals surface area contributed by atoms with Gasteiger partial charge in [-0.2, -0.15) is 0 Å². The summed E-state index contributed by atoms with van der Waals surface area (Å²) in [6.45, 7) is 0. The van der Waals surface area contributed by atoms with E-state index in [9.17, 15) is 28.2 Å². The highest BCUT2D eigenvalue weighted by Gasteiger charge is 2.29. The van der Waals surface area contributed by atoms with E-state index in [1.54, 1.807) is 36.4 Å². The van der Waals surface area contributed by atoms with Crippen LogP contribution in [0.15, 0.2) is 59.5 Å². The van der Waals surface area contributed by atoms with Gasteiger partial charge in [0.15, 0.2) is 5.69 Å². The van der Waals surface area contributed by atoms with Crippen LogP contribution in [0.2, 0.25) is 0 Å². The van der Waals surface area contributed by atoms with Crippen LogP contribution in [0.1, 0.15) is 21.0 Å². The molecule has 4 aromatic rings. The highest BCUT2D eigenvalue weighted by molar-refractivity contribution is 8.14. The second-order valence-electron chi connectivity index (χ2n) is 6.31. The number of halogens is 1. The van der Waals surface area contributed by atoms with Crippen molar-refractivity contribution in [2.24, 2.45) is 0 Å². The Morgan fingerprint density at radius 3 is 2.10 bits per heavy atom. The second-order valence-corrected chi connectivity index (χ2v) is 8.81. The molecule has 2 N–H and O–H groups in total. The molecule has 4 rings (SSSR count). The van der Waals surface area contributed by atoms with Crippen LogP contribution in [0.25, 0.3) is 32.9 Å².